The minimum absolute atomic E-state index is 0.205. The number of rotatable bonds is 4. The van der Waals surface area contributed by atoms with Gasteiger partial charge in [-0.15, -0.1) is 0 Å². The zero-order valence-corrected chi connectivity index (χ0v) is 11.0. The number of nitrogens with zero attached hydrogens (tertiary/aromatic N) is 1. The van der Waals surface area contributed by atoms with E-state index in [9.17, 15) is 8.78 Å². The number of benzene rings is 1. The van der Waals surface area contributed by atoms with E-state index >= 15 is 0 Å². The quantitative estimate of drug-likeness (QED) is 0.912. The van der Waals surface area contributed by atoms with Crippen LogP contribution < -0.4 is 5.32 Å². The number of nitrogens with one attached hydrogen (secondary N) is 1. The number of hydrogen-bond donors (Lipinski definition) is 1. The van der Waals surface area contributed by atoms with Gasteiger partial charge in [0.2, 0.25) is 0 Å². The van der Waals surface area contributed by atoms with Crippen LogP contribution in [0.15, 0.2) is 36.5 Å². The molecule has 4 heteroatoms. The van der Waals surface area contributed by atoms with Gasteiger partial charge in [0.15, 0.2) is 0 Å². The maximum Gasteiger partial charge on any atom is 0.130 e. The lowest BCUT2D eigenvalue weighted by molar-refractivity contribution is 0.515. The van der Waals surface area contributed by atoms with Crippen molar-refractivity contribution in [1.82, 2.24) is 10.3 Å². The first-order valence-electron chi connectivity index (χ1n) is 6.16. The van der Waals surface area contributed by atoms with Crippen LogP contribution in [-0.4, -0.2) is 4.98 Å². The number of hydrogen-bond acceptors (Lipinski definition) is 2. The van der Waals surface area contributed by atoms with Gasteiger partial charge >= 0.3 is 0 Å². The molecule has 1 N–H and O–H groups in total. The average Bonchev–Trinajstić information content (AvgIpc) is 2.37. The van der Waals surface area contributed by atoms with E-state index in [1.165, 1.54) is 12.1 Å². The molecule has 100 valence electrons. The van der Waals surface area contributed by atoms with Gasteiger partial charge in [-0.3, -0.25) is 4.98 Å². The Balaban J connectivity index is 2.01. The molecular weight excluding hydrogens is 246 g/mol. The highest BCUT2D eigenvalue weighted by Crippen LogP contribution is 2.18. The van der Waals surface area contributed by atoms with Gasteiger partial charge in [-0.2, -0.15) is 0 Å². The minimum Gasteiger partial charge on any atom is -0.304 e. The molecule has 0 aliphatic carbocycles. The Hall–Kier alpha value is -1.81. The first-order valence-corrected chi connectivity index (χ1v) is 6.16. The van der Waals surface area contributed by atoms with Crippen molar-refractivity contribution in [3.8, 4) is 0 Å². The molecule has 1 heterocycles. The Morgan fingerprint density at radius 3 is 2.63 bits per heavy atom. The van der Waals surface area contributed by atoms with E-state index in [-0.39, 0.29) is 6.04 Å². The topological polar surface area (TPSA) is 24.9 Å². The van der Waals surface area contributed by atoms with Gasteiger partial charge in [-0.25, -0.2) is 8.78 Å². The van der Waals surface area contributed by atoms with Gasteiger partial charge in [-0.05, 0) is 31.5 Å². The predicted molar refractivity (Wildman–Crippen MR) is 70.6 cm³/mol. The summed E-state index contributed by atoms with van der Waals surface area (Å²) in [6.07, 6.45) is 1.79. The fourth-order valence-electron chi connectivity index (χ4n) is 1.82. The Kier molecular flexibility index (Phi) is 4.22. The lowest BCUT2D eigenvalue weighted by Crippen LogP contribution is -2.19. The largest absolute Gasteiger partial charge is 0.304 e. The number of aryl methyl sites for hydroxylation is 1. The lowest BCUT2D eigenvalue weighted by atomic mass is 10.1. The van der Waals surface area contributed by atoms with E-state index in [0.717, 1.165) is 17.3 Å². The summed E-state index contributed by atoms with van der Waals surface area (Å²) in [5.74, 6) is -1.09. The Bertz CT molecular complexity index is 553. The molecule has 0 aliphatic rings. The van der Waals surface area contributed by atoms with Crippen molar-refractivity contribution in [1.29, 1.82) is 0 Å². The summed E-state index contributed by atoms with van der Waals surface area (Å²) in [5, 5.41) is 3.17. The van der Waals surface area contributed by atoms with Crippen molar-refractivity contribution >= 4 is 0 Å². The standard InChI is InChI=1S/C15H16F2N2/c1-10-3-5-13(19-8-10)9-18-11(2)14-6-4-12(16)7-15(14)17/h3-8,11,18H,9H2,1-2H3. The molecule has 1 aromatic heterocycles. The van der Waals surface area contributed by atoms with Gasteiger partial charge in [0, 0.05) is 30.4 Å². The van der Waals surface area contributed by atoms with Crippen LogP contribution in [0.5, 0.6) is 0 Å². The zero-order chi connectivity index (χ0) is 13.8. The van der Waals surface area contributed by atoms with Crippen LogP contribution in [0.1, 0.15) is 29.8 Å². The Labute approximate surface area is 111 Å². The number of pyridine rings is 1. The van der Waals surface area contributed by atoms with Gasteiger partial charge < -0.3 is 5.32 Å². The van der Waals surface area contributed by atoms with Crippen molar-refractivity contribution in [2.75, 3.05) is 0 Å². The van der Waals surface area contributed by atoms with Crippen LogP contribution in [0, 0.1) is 18.6 Å². The summed E-state index contributed by atoms with van der Waals surface area (Å²) in [4.78, 5) is 4.26. The molecule has 1 aromatic carbocycles. The maximum atomic E-state index is 13.6. The second-order valence-electron chi connectivity index (χ2n) is 4.60. The number of aromatic nitrogens is 1. The van der Waals surface area contributed by atoms with E-state index in [2.05, 4.69) is 10.3 Å². The van der Waals surface area contributed by atoms with Crippen molar-refractivity contribution < 1.29 is 8.78 Å². The normalized spacial score (nSPS) is 12.4. The van der Waals surface area contributed by atoms with Gasteiger partial charge in [-0.1, -0.05) is 12.1 Å². The smallest absolute Gasteiger partial charge is 0.130 e. The van der Waals surface area contributed by atoms with E-state index in [1.54, 1.807) is 6.20 Å². The molecule has 0 aliphatic heterocycles. The van der Waals surface area contributed by atoms with E-state index < -0.39 is 11.6 Å². The number of halogens is 2. The van der Waals surface area contributed by atoms with Gasteiger partial charge in [0.05, 0.1) is 5.69 Å². The van der Waals surface area contributed by atoms with E-state index in [0.29, 0.717) is 12.1 Å². The summed E-state index contributed by atoms with van der Waals surface area (Å²) in [6.45, 7) is 4.35. The van der Waals surface area contributed by atoms with Gasteiger partial charge in [0.25, 0.3) is 0 Å². The first kappa shape index (κ1) is 13.6. The molecule has 2 aromatic rings. The van der Waals surface area contributed by atoms with Crippen LogP contribution >= 0.6 is 0 Å². The highest BCUT2D eigenvalue weighted by molar-refractivity contribution is 5.22. The molecule has 0 bridgehead atoms. The molecule has 0 radical (unpaired) electrons. The summed E-state index contributed by atoms with van der Waals surface area (Å²) < 4.78 is 26.4. The Morgan fingerprint density at radius 1 is 1.21 bits per heavy atom. The fraction of sp³-hybridized carbons (Fsp3) is 0.267. The van der Waals surface area contributed by atoms with Crippen molar-refractivity contribution in [3.63, 3.8) is 0 Å². The molecule has 1 unspecified atom stereocenters. The second-order valence-corrected chi connectivity index (χ2v) is 4.60. The van der Waals surface area contributed by atoms with Gasteiger partial charge in [0.1, 0.15) is 11.6 Å². The maximum absolute atomic E-state index is 13.6. The molecule has 0 amide bonds. The molecule has 1 atom stereocenters. The molecule has 0 spiro atoms. The summed E-state index contributed by atoms with van der Waals surface area (Å²) >= 11 is 0. The second kappa shape index (κ2) is 5.89. The Morgan fingerprint density at radius 2 is 2.00 bits per heavy atom. The zero-order valence-electron chi connectivity index (χ0n) is 11.0. The predicted octanol–water partition coefficient (Wildman–Crippen LogP) is 3.52. The van der Waals surface area contributed by atoms with Crippen LogP contribution in [0.2, 0.25) is 0 Å². The summed E-state index contributed by atoms with van der Waals surface area (Å²) in [5.41, 5.74) is 2.44. The molecule has 0 fully saturated rings. The van der Waals surface area contributed by atoms with Crippen molar-refractivity contribution in [3.05, 3.63) is 65.0 Å². The van der Waals surface area contributed by atoms with Crippen LogP contribution in [-0.2, 0) is 6.54 Å². The van der Waals surface area contributed by atoms with Crippen molar-refractivity contribution in [2.24, 2.45) is 0 Å². The molecule has 0 saturated heterocycles. The molecule has 2 nitrogen and oxygen atoms in total. The van der Waals surface area contributed by atoms with Crippen LogP contribution in [0.3, 0.4) is 0 Å². The highest BCUT2D eigenvalue weighted by Gasteiger charge is 2.11. The average molecular weight is 262 g/mol. The third-order valence-electron chi connectivity index (χ3n) is 2.99. The minimum atomic E-state index is -0.561. The van der Waals surface area contributed by atoms with Crippen LogP contribution in [0.4, 0.5) is 8.78 Å². The third kappa shape index (κ3) is 3.58. The lowest BCUT2D eigenvalue weighted by Gasteiger charge is -2.14. The summed E-state index contributed by atoms with van der Waals surface area (Å²) in [6, 6.07) is 7.33. The third-order valence-corrected chi connectivity index (χ3v) is 2.99. The van der Waals surface area contributed by atoms with Crippen molar-refractivity contribution in [2.45, 2.75) is 26.4 Å². The molecular formula is C15H16F2N2. The monoisotopic (exact) mass is 262 g/mol. The highest BCUT2D eigenvalue weighted by atomic mass is 19.1. The van der Waals surface area contributed by atoms with E-state index in [4.69, 9.17) is 0 Å². The van der Waals surface area contributed by atoms with Crippen LogP contribution in [0.25, 0.3) is 0 Å². The molecule has 2 rings (SSSR count). The molecule has 0 saturated carbocycles. The summed E-state index contributed by atoms with van der Waals surface area (Å²) in [7, 11) is 0. The first-order chi connectivity index (χ1) is 9.06. The SMILES string of the molecule is Cc1ccc(CNC(C)c2ccc(F)cc2F)nc1. The van der Waals surface area contributed by atoms with E-state index in [1.807, 2.05) is 26.0 Å². The fourth-order valence-corrected chi connectivity index (χ4v) is 1.82. The molecule has 19 heavy (non-hydrogen) atoms.